The number of thioether (sulfide) groups is 1. The predicted octanol–water partition coefficient (Wildman–Crippen LogP) is 2.20. The van der Waals surface area contributed by atoms with E-state index in [4.69, 9.17) is 11.6 Å². The molecule has 1 amide bonds. The summed E-state index contributed by atoms with van der Waals surface area (Å²) in [6, 6.07) is -0.0333. The average Bonchev–Trinajstić information content (AvgIpc) is 2.73. The van der Waals surface area contributed by atoms with Crippen LogP contribution in [0.5, 0.6) is 0 Å². The molecule has 0 aromatic rings. The number of rotatable bonds is 4. The predicted molar refractivity (Wildman–Crippen MR) is 78.2 cm³/mol. The third-order valence-electron chi connectivity index (χ3n) is 4.35. The van der Waals surface area contributed by atoms with E-state index in [0.29, 0.717) is 5.88 Å². The van der Waals surface area contributed by atoms with E-state index in [9.17, 15) is 9.90 Å². The van der Waals surface area contributed by atoms with E-state index in [2.05, 4.69) is 17.5 Å². The van der Waals surface area contributed by atoms with E-state index in [1.54, 1.807) is 0 Å². The van der Waals surface area contributed by atoms with Crippen LogP contribution in [0.2, 0.25) is 0 Å². The number of carbonyl (C=O) groups is 1. The van der Waals surface area contributed by atoms with Crippen LogP contribution >= 0.6 is 23.4 Å². The zero-order chi connectivity index (χ0) is 13.5. The van der Waals surface area contributed by atoms with Gasteiger partial charge in [0.25, 0.3) is 0 Å². The number of carbonyl (C=O) groups excluding carboxylic acids is 1. The highest BCUT2D eigenvalue weighted by Crippen LogP contribution is 2.52. The highest BCUT2D eigenvalue weighted by molar-refractivity contribution is 8.04. The van der Waals surface area contributed by atoms with Crippen LogP contribution in [0.3, 0.4) is 0 Å². The fraction of sp³-hybridized carbons (Fsp3) is 0.643. The van der Waals surface area contributed by atoms with E-state index >= 15 is 0 Å². The molecule has 3 aliphatic rings. The molecule has 0 bridgehead atoms. The van der Waals surface area contributed by atoms with Gasteiger partial charge < -0.3 is 10.4 Å². The van der Waals surface area contributed by atoms with Gasteiger partial charge in [0.1, 0.15) is 4.75 Å². The van der Waals surface area contributed by atoms with Gasteiger partial charge in [0.15, 0.2) is 0 Å². The van der Waals surface area contributed by atoms with Crippen molar-refractivity contribution in [3.63, 3.8) is 0 Å². The Labute approximate surface area is 122 Å². The van der Waals surface area contributed by atoms with E-state index in [-0.39, 0.29) is 17.9 Å². The second-order valence-electron chi connectivity index (χ2n) is 5.42. The number of aliphatic hydroxyl groups is 1. The van der Waals surface area contributed by atoms with Gasteiger partial charge in [-0.05, 0) is 36.7 Å². The Morgan fingerprint density at radius 3 is 3.11 bits per heavy atom. The molecular formula is C14H18ClNO2S. The first-order valence-corrected chi connectivity index (χ1v) is 8.20. The van der Waals surface area contributed by atoms with Crippen LogP contribution < -0.4 is 5.32 Å². The number of fused-ring (bicyclic) bond motifs is 1. The molecule has 1 unspecified atom stereocenters. The molecule has 0 saturated carbocycles. The number of hydrogen-bond acceptors (Lipinski definition) is 3. The van der Waals surface area contributed by atoms with Gasteiger partial charge in [-0.1, -0.05) is 12.2 Å². The number of halogens is 1. The van der Waals surface area contributed by atoms with Crippen molar-refractivity contribution in [2.24, 2.45) is 5.92 Å². The lowest BCUT2D eigenvalue weighted by molar-refractivity contribution is -0.137. The van der Waals surface area contributed by atoms with Crippen molar-refractivity contribution in [3.05, 3.63) is 23.1 Å². The minimum absolute atomic E-state index is 0.0326. The van der Waals surface area contributed by atoms with E-state index in [1.807, 2.05) is 5.41 Å². The molecule has 0 spiro atoms. The van der Waals surface area contributed by atoms with Gasteiger partial charge in [0.2, 0.25) is 5.91 Å². The first kappa shape index (κ1) is 13.5. The van der Waals surface area contributed by atoms with Crippen LogP contribution in [0.1, 0.15) is 25.7 Å². The number of allylic oxidation sites excluding steroid dienone is 1. The van der Waals surface area contributed by atoms with Gasteiger partial charge >= 0.3 is 0 Å². The van der Waals surface area contributed by atoms with Crippen LogP contribution in [-0.2, 0) is 4.79 Å². The van der Waals surface area contributed by atoms with Crippen LogP contribution in [0.4, 0.5) is 0 Å². The maximum Gasteiger partial charge on any atom is 0.242 e. The second-order valence-corrected chi connectivity index (χ2v) is 6.94. The highest BCUT2D eigenvalue weighted by atomic mass is 35.5. The summed E-state index contributed by atoms with van der Waals surface area (Å²) in [7, 11) is 0. The van der Waals surface area contributed by atoms with Gasteiger partial charge in [-0.15, -0.1) is 23.4 Å². The molecule has 2 N–H and O–H groups in total. The third-order valence-corrected chi connectivity index (χ3v) is 6.02. The minimum Gasteiger partial charge on any atom is -0.390 e. The van der Waals surface area contributed by atoms with E-state index in [0.717, 1.165) is 31.3 Å². The minimum atomic E-state index is -0.701. The standard InChI is InChI=1S/C14H18ClNO2S/c15-7-6-10-8-19-14(11(10)16-13(14)18)12(17)9-4-2-1-3-5-9/h2,4,8-9,11-12,17H,1,3,5-7H2,(H,16,18)/t9-,11?,12+,14+/m1/s1. The van der Waals surface area contributed by atoms with Crippen molar-refractivity contribution < 1.29 is 9.90 Å². The molecule has 4 atom stereocenters. The number of alkyl halides is 1. The fourth-order valence-corrected chi connectivity index (χ4v) is 4.89. The Morgan fingerprint density at radius 2 is 2.47 bits per heavy atom. The molecule has 3 rings (SSSR count). The summed E-state index contributed by atoms with van der Waals surface area (Å²) < 4.78 is -0.701. The number of hydrogen-bond donors (Lipinski definition) is 2. The number of nitrogens with one attached hydrogen (secondary N) is 1. The van der Waals surface area contributed by atoms with Crippen molar-refractivity contribution in [1.82, 2.24) is 5.32 Å². The van der Waals surface area contributed by atoms with Crippen molar-refractivity contribution in [2.45, 2.75) is 42.6 Å². The Balaban J connectivity index is 1.80. The molecule has 0 aromatic heterocycles. The molecule has 19 heavy (non-hydrogen) atoms. The summed E-state index contributed by atoms with van der Waals surface area (Å²) in [5.41, 5.74) is 1.15. The molecule has 2 heterocycles. The molecule has 0 radical (unpaired) electrons. The largest absolute Gasteiger partial charge is 0.390 e. The third kappa shape index (κ3) is 1.96. The summed E-state index contributed by atoms with van der Waals surface area (Å²) in [5, 5.41) is 15.7. The molecule has 1 aliphatic carbocycles. The topological polar surface area (TPSA) is 49.3 Å². The first-order valence-electron chi connectivity index (χ1n) is 6.78. The Kier molecular flexibility index (Phi) is 3.67. The van der Waals surface area contributed by atoms with Crippen LogP contribution in [0, 0.1) is 5.92 Å². The Hall–Kier alpha value is -0.450. The van der Waals surface area contributed by atoms with Gasteiger partial charge in [-0.3, -0.25) is 4.79 Å². The average molecular weight is 300 g/mol. The summed E-state index contributed by atoms with van der Waals surface area (Å²) in [4.78, 5) is 12.1. The molecule has 0 aromatic carbocycles. The fourth-order valence-electron chi connectivity index (χ4n) is 3.24. The Bertz CT molecular complexity index is 451. The zero-order valence-electron chi connectivity index (χ0n) is 10.6. The summed E-state index contributed by atoms with van der Waals surface area (Å²) in [6.07, 6.45) is 7.48. The number of amides is 1. The van der Waals surface area contributed by atoms with Crippen molar-refractivity contribution in [3.8, 4) is 0 Å². The lowest BCUT2D eigenvalue weighted by Gasteiger charge is -2.49. The SMILES string of the molecule is O=C1NC2C(CCCl)=CS[C@@]12[C@@H](O)[C@@H]1C=CCCC1. The number of aliphatic hydroxyl groups excluding tert-OH is 1. The number of β-lactam (4-membered cyclic amide) rings is 1. The quantitative estimate of drug-likeness (QED) is 0.475. The second kappa shape index (κ2) is 5.15. The molecule has 3 nitrogen and oxygen atoms in total. The maximum atomic E-state index is 12.1. The van der Waals surface area contributed by atoms with E-state index in [1.165, 1.54) is 11.8 Å². The molecule has 104 valence electrons. The van der Waals surface area contributed by atoms with Crippen molar-refractivity contribution in [1.29, 1.82) is 0 Å². The molecule has 1 fully saturated rings. The first-order chi connectivity index (χ1) is 9.20. The van der Waals surface area contributed by atoms with Crippen molar-refractivity contribution in [2.75, 3.05) is 5.88 Å². The lowest BCUT2D eigenvalue weighted by atomic mass is 9.73. The van der Waals surface area contributed by atoms with Crippen LogP contribution in [0.25, 0.3) is 0 Å². The van der Waals surface area contributed by atoms with Gasteiger partial charge in [0, 0.05) is 11.8 Å². The van der Waals surface area contributed by atoms with Crippen LogP contribution in [0.15, 0.2) is 23.1 Å². The zero-order valence-corrected chi connectivity index (χ0v) is 12.2. The van der Waals surface area contributed by atoms with Crippen LogP contribution in [-0.4, -0.2) is 33.8 Å². The maximum absolute atomic E-state index is 12.1. The molecule has 2 aliphatic heterocycles. The highest BCUT2D eigenvalue weighted by Gasteiger charge is 2.64. The lowest BCUT2D eigenvalue weighted by Crippen LogP contribution is -2.75. The normalized spacial score (nSPS) is 38.2. The monoisotopic (exact) mass is 299 g/mol. The van der Waals surface area contributed by atoms with Gasteiger partial charge in [-0.2, -0.15) is 0 Å². The summed E-state index contributed by atoms with van der Waals surface area (Å²) in [5.74, 6) is 0.613. The smallest absolute Gasteiger partial charge is 0.242 e. The van der Waals surface area contributed by atoms with Gasteiger partial charge in [-0.25, -0.2) is 0 Å². The van der Waals surface area contributed by atoms with Gasteiger partial charge in [0.05, 0.1) is 12.1 Å². The molecular weight excluding hydrogens is 282 g/mol. The Morgan fingerprint density at radius 1 is 1.63 bits per heavy atom. The van der Waals surface area contributed by atoms with Crippen molar-refractivity contribution >= 4 is 29.3 Å². The molecule has 1 saturated heterocycles. The van der Waals surface area contributed by atoms with E-state index < -0.39 is 10.9 Å². The summed E-state index contributed by atoms with van der Waals surface area (Å²) in [6.45, 7) is 0. The summed E-state index contributed by atoms with van der Waals surface area (Å²) >= 11 is 7.27. The molecule has 5 heteroatoms.